The second kappa shape index (κ2) is 7.77. The van der Waals surface area contributed by atoms with E-state index in [0.29, 0.717) is 6.54 Å². The van der Waals surface area contributed by atoms with Crippen LogP contribution in [0.15, 0.2) is 36.4 Å². The third-order valence-electron chi connectivity index (χ3n) is 5.56. The lowest BCUT2D eigenvalue weighted by atomic mass is 9.92. The zero-order chi connectivity index (χ0) is 19.7. The molecule has 7 heteroatoms. The number of nitrogens with zero attached hydrogens (tertiary/aromatic N) is 4. The number of fused-ring (bicyclic) bond motifs is 1. The molecule has 1 N–H and O–H groups in total. The summed E-state index contributed by atoms with van der Waals surface area (Å²) in [5.41, 5.74) is 3.93. The number of benzene rings is 2. The fraction of sp³-hybridized carbons (Fsp3) is 0.429. The highest BCUT2D eigenvalue weighted by atomic mass is 16.5. The monoisotopic (exact) mass is 382 g/mol. The van der Waals surface area contributed by atoms with E-state index in [1.54, 1.807) is 18.9 Å². The van der Waals surface area contributed by atoms with Gasteiger partial charge in [-0.2, -0.15) is 0 Å². The number of aliphatic hydroxyl groups is 1. The van der Waals surface area contributed by atoms with Gasteiger partial charge < -0.3 is 14.6 Å². The van der Waals surface area contributed by atoms with E-state index in [1.165, 1.54) is 0 Å². The third-order valence-corrected chi connectivity index (χ3v) is 5.56. The van der Waals surface area contributed by atoms with Gasteiger partial charge >= 0.3 is 0 Å². The van der Waals surface area contributed by atoms with Crippen molar-refractivity contribution in [1.82, 2.24) is 19.9 Å². The molecule has 0 aliphatic carbocycles. The smallest absolute Gasteiger partial charge is 0.127 e. The van der Waals surface area contributed by atoms with Crippen LogP contribution in [0.5, 0.6) is 11.5 Å². The molecule has 2 unspecified atom stereocenters. The van der Waals surface area contributed by atoms with Crippen molar-refractivity contribution in [3.63, 3.8) is 0 Å². The van der Waals surface area contributed by atoms with Crippen LogP contribution in [0.2, 0.25) is 0 Å². The molecule has 1 aromatic heterocycles. The summed E-state index contributed by atoms with van der Waals surface area (Å²) < 4.78 is 13.0. The maximum absolute atomic E-state index is 10.8. The summed E-state index contributed by atoms with van der Waals surface area (Å²) in [7, 11) is 5.22. The molecule has 0 spiro atoms. The zero-order valence-corrected chi connectivity index (χ0v) is 16.5. The summed E-state index contributed by atoms with van der Waals surface area (Å²) in [6.45, 7) is 0.611. The topological polar surface area (TPSA) is 72.6 Å². The Morgan fingerprint density at radius 2 is 1.86 bits per heavy atom. The van der Waals surface area contributed by atoms with Gasteiger partial charge in [0.25, 0.3) is 0 Å². The molecule has 4 rings (SSSR count). The molecule has 1 aliphatic heterocycles. The number of aromatic nitrogens is 3. The van der Waals surface area contributed by atoms with Crippen molar-refractivity contribution in [3.8, 4) is 11.5 Å². The number of ether oxygens (including phenoxy) is 2. The average molecular weight is 382 g/mol. The van der Waals surface area contributed by atoms with Crippen LogP contribution in [0.4, 0.5) is 0 Å². The molecule has 148 valence electrons. The zero-order valence-electron chi connectivity index (χ0n) is 16.5. The Morgan fingerprint density at radius 1 is 1.11 bits per heavy atom. The molecule has 0 radical (unpaired) electrons. The van der Waals surface area contributed by atoms with Crippen LogP contribution in [-0.4, -0.2) is 45.4 Å². The van der Waals surface area contributed by atoms with Gasteiger partial charge in [0.05, 0.1) is 25.3 Å². The minimum Gasteiger partial charge on any atom is -0.496 e. The van der Waals surface area contributed by atoms with E-state index < -0.39 is 6.23 Å². The van der Waals surface area contributed by atoms with E-state index in [-0.39, 0.29) is 6.04 Å². The average Bonchev–Trinajstić information content (AvgIpc) is 3.09. The van der Waals surface area contributed by atoms with Crippen molar-refractivity contribution in [2.75, 3.05) is 14.2 Å². The van der Waals surface area contributed by atoms with E-state index in [9.17, 15) is 5.11 Å². The third kappa shape index (κ3) is 3.31. The fourth-order valence-corrected chi connectivity index (χ4v) is 4.16. The van der Waals surface area contributed by atoms with Crippen LogP contribution in [-0.2, 0) is 13.6 Å². The minimum absolute atomic E-state index is 0.00686. The minimum atomic E-state index is -0.522. The highest BCUT2D eigenvalue weighted by molar-refractivity contribution is 5.74. The Bertz CT molecular complexity index is 949. The number of aliphatic hydroxyl groups excluding tert-OH is 1. The van der Waals surface area contributed by atoms with Crippen molar-refractivity contribution >= 4 is 11.0 Å². The first-order valence-electron chi connectivity index (χ1n) is 9.55. The number of rotatable bonds is 5. The van der Waals surface area contributed by atoms with Gasteiger partial charge in [-0.1, -0.05) is 17.3 Å². The quantitative estimate of drug-likeness (QED) is 0.731. The molecule has 0 amide bonds. The highest BCUT2D eigenvalue weighted by Crippen LogP contribution is 2.43. The number of hydrogen-bond acceptors (Lipinski definition) is 6. The highest BCUT2D eigenvalue weighted by Gasteiger charge is 2.34. The first-order chi connectivity index (χ1) is 13.6. The first kappa shape index (κ1) is 18.7. The Morgan fingerprint density at radius 3 is 2.57 bits per heavy atom. The number of methoxy groups -OCH3 is 2. The molecular formula is C21H26N4O3. The van der Waals surface area contributed by atoms with E-state index in [2.05, 4.69) is 21.3 Å². The lowest BCUT2D eigenvalue weighted by Gasteiger charge is -2.40. The second-order valence-corrected chi connectivity index (χ2v) is 7.21. The van der Waals surface area contributed by atoms with Crippen molar-refractivity contribution in [3.05, 3.63) is 47.5 Å². The number of piperidine rings is 1. The Balaban J connectivity index is 1.70. The van der Waals surface area contributed by atoms with E-state index >= 15 is 0 Å². The SMILES string of the molecule is COc1cccc(OC)c1C1CCCC(O)N1Cc1ccc2c(c1)nnn2C. The Hall–Kier alpha value is -2.64. The summed E-state index contributed by atoms with van der Waals surface area (Å²) in [6, 6.07) is 12.0. The number of aryl methyl sites for hydroxylation is 1. The molecule has 2 aromatic carbocycles. The predicted octanol–water partition coefficient (Wildman–Crippen LogP) is 3.03. The van der Waals surface area contributed by atoms with Gasteiger partial charge in [0.15, 0.2) is 0 Å². The molecule has 1 saturated heterocycles. The van der Waals surface area contributed by atoms with Crippen LogP contribution < -0.4 is 9.47 Å². The molecule has 1 fully saturated rings. The summed E-state index contributed by atoms with van der Waals surface area (Å²) >= 11 is 0. The van der Waals surface area contributed by atoms with Gasteiger partial charge in [0, 0.05) is 19.6 Å². The van der Waals surface area contributed by atoms with Gasteiger partial charge in [-0.3, -0.25) is 4.90 Å². The van der Waals surface area contributed by atoms with Crippen LogP contribution in [0.25, 0.3) is 11.0 Å². The lowest BCUT2D eigenvalue weighted by Crippen LogP contribution is -2.41. The van der Waals surface area contributed by atoms with E-state index in [4.69, 9.17) is 9.47 Å². The van der Waals surface area contributed by atoms with Gasteiger partial charge in [0.1, 0.15) is 23.2 Å². The Labute approximate surface area is 164 Å². The van der Waals surface area contributed by atoms with Gasteiger partial charge in [-0.15, -0.1) is 5.10 Å². The summed E-state index contributed by atoms with van der Waals surface area (Å²) in [5.74, 6) is 1.57. The number of hydrogen-bond donors (Lipinski definition) is 1. The second-order valence-electron chi connectivity index (χ2n) is 7.21. The lowest BCUT2D eigenvalue weighted by molar-refractivity contribution is -0.0643. The molecule has 0 bridgehead atoms. The molecule has 7 nitrogen and oxygen atoms in total. The van der Waals surface area contributed by atoms with Gasteiger partial charge in [0.2, 0.25) is 0 Å². The van der Waals surface area contributed by atoms with Crippen LogP contribution in [0, 0.1) is 0 Å². The van der Waals surface area contributed by atoms with Crippen LogP contribution >= 0.6 is 0 Å². The number of likely N-dealkylation sites (tertiary alicyclic amines) is 1. The maximum atomic E-state index is 10.8. The predicted molar refractivity (Wildman–Crippen MR) is 106 cm³/mol. The van der Waals surface area contributed by atoms with E-state index in [0.717, 1.165) is 52.9 Å². The van der Waals surface area contributed by atoms with E-state index in [1.807, 2.05) is 37.4 Å². The van der Waals surface area contributed by atoms with Crippen molar-refractivity contribution in [2.24, 2.45) is 7.05 Å². The first-order valence-corrected chi connectivity index (χ1v) is 9.55. The van der Waals surface area contributed by atoms with Crippen molar-refractivity contribution in [1.29, 1.82) is 0 Å². The van der Waals surface area contributed by atoms with Gasteiger partial charge in [-0.05, 0) is 49.1 Å². The molecule has 0 saturated carbocycles. The summed E-state index contributed by atoms with van der Waals surface area (Å²) in [6.07, 6.45) is 2.11. The molecular weight excluding hydrogens is 356 g/mol. The Kier molecular flexibility index (Phi) is 5.19. The molecule has 28 heavy (non-hydrogen) atoms. The molecule has 1 aliphatic rings. The fourth-order valence-electron chi connectivity index (χ4n) is 4.16. The summed E-state index contributed by atoms with van der Waals surface area (Å²) in [4.78, 5) is 2.13. The maximum Gasteiger partial charge on any atom is 0.127 e. The molecule has 2 heterocycles. The molecule has 2 atom stereocenters. The standard InChI is InChI=1S/C21H26N4O3/c1-24-16-11-10-14(12-15(16)22-23-24)13-25-17(6-4-9-20(25)26)21-18(27-2)7-5-8-19(21)28-3/h5,7-8,10-12,17,20,26H,4,6,9,13H2,1-3H3. The van der Waals surface area contributed by atoms with Gasteiger partial charge in [-0.25, -0.2) is 4.68 Å². The van der Waals surface area contributed by atoms with Crippen molar-refractivity contribution < 1.29 is 14.6 Å². The van der Waals surface area contributed by atoms with Crippen molar-refractivity contribution in [2.45, 2.75) is 38.1 Å². The normalized spacial score (nSPS) is 20.4. The van der Waals surface area contributed by atoms with Crippen LogP contribution in [0.3, 0.4) is 0 Å². The van der Waals surface area contributed by atoms with Crippen LogP contribution in [0.1, 0.15) is 36.4 Å². The molecule has 3 aromatic rings. The summed E-state index contributed by atoms with van der Waals surface area (Å²) in [5, 5.41) is 19.1. The largest absolute Gasteiger partial charge is 0.496 e.